The van der Waals surface area contributed by atoms with E-state index in [0.29, 0.717) is 0 Å². The molecule has 0 atom stereocenters. The van der Waals surface area contributed by atoms with Crippen LogP contribution >= 0.6 is 11.3 Å². The first-order valence-electron chi connectivity index (χ1n) is 19.2. The lowest BCUT2D eigenvalue weighted by molar-refractivity contribution is 1.30. The zero-order valence-electron chi connectivity index (χ0n) is 30.6. The van der Waals surface area contributed by atoms with Gasteiger partial charge in [0.15, 0.2) is 0 Å². The van der Waals surface area contributed by atoms with Crippen molar-refractivity contribution in [1.82, 2.24) is 0 Å². The highest BCUT2D eigenvalue weighted by molar-refractivity contribution is 7.25. The van der Waals surface area contributed by atoms with Gasteiger partial charge < -0.3 is 4.90 Å². The molecule has 0 saturated heterocycles. The molecular weight excluding hydrogens is 695 g/mol. The summed E-state index contributed by atoms with van der Waals surface area (Å²) in [6.07, 6.45) is 0. The Hall–Kier alpha value is -7.00. The lowest BCUT2D eigenvalue weighted by Gasteiger charge is -2.28. The second kappa shape index (κ2) is 13.4. The summed E-state index contributed by atoms with van der Waals surface area (Å²) in [5, 5.41) is 10.1. The van der Waals surface area contributed by atoms with Crippen molar-refractivity contribution < 1.29 is 0 Å². The van der Waals surface area contributed by atoms with Crippen molar-refractivity contribution >= 4 is 80.9 Å². The van der Waals surface area contributed by atoms with E-state index in [2.05, 4.69) is 217 Å². The van der Waals surface area contributed by atoms with Crippen molar-refractivity contribution in [2.75, 3.05) is 4.90 Å². The predicted octanol–water partition coefficient (Wildman–Crippen LogP) is 16.0. The molecule has 0 bridgehead atoms. The van der Waals surface area contributed by atoms with E-state index >= 15 is 0 Å². The quantitative estimate of drug-likeness (QED) is 0.165. The van der Waals surface area contributed by atoms with Gasteiger partial charge in [0.2, 0.25) is 0 Å². The van der Waals surface area contributed by atoms with Crippen LogP contribution in [0.4, 0.5) is 17.1 Å². The first kappa shape index (κ1) is 32.4. The summed E-state index contributed by atoms with van der Waals surface area (Å²) in [6, 6.07) is 77.8. The van der Waals surface area contributed by atoms with Crippen LogP contribution < -0.4 is 4.90 Å². The lowest BCUT2D eigenvalue weighted by atomic mass is 9.94. The van der Waals surface area contributed by atoms with Gasteiger partial charge in [-0.15, -0.1) is 11.3 Å². The van der Waals surface area contributed by atoms with E-state index in [4.69, 9.17) is 0 Å². The molecule has 1 aromatic heterocycles. The van der Waals surface area contributed by atoms with E-state index in [1.807, 2.05) is 11.3 Å². The van der Waals surface area contributed by atoms with Crippen molar-refractivity contribution in [3.05, 3.63) is 212 Å². The zero-order valence-corrected chi connectivity index (χ0v) is 31.4. The molecule has 2 heteroatoms. The van der Waals surface area contributed by atoms with Crippen molar-refractivity contribution in [3.8, 4) is 33.4 Å². The monoisotopic (exact) mass is 729 g/mol. The number of rotatable bonds is 6. The second-order valence-electron chi connectivity index (χ2n) is 14.5. The molecule has 56 heavy (non-hydrogen) atoms. The average molecular weight is 730 g/mol. The van der Waals surface area contributed by atoms with Crippen LogP contribution in [0.5, 0.6) is 0 Å². The maximum absolute atomic E-state index is 2.45. The van der Waals surface area contributed by atoms with E-state index in [-0.39, 0.29) is 0 Å². The molecule has 0 N–H and O–H groups in total. The highest BCUT2D eigenvalue weighted by atomic mass is 32.1. The predicted molar refractivity (Wildman–Crippen MR) is 243 cm³/mol. The summed E-state index contributed by atoms with van der Waals surface area (Å²) in [7, 11) is 0. The number of anilines is 3. The normalized spacial score (nSPS) is 11.6. The van der Waals surface area contributed by atoms with Gasteiger partial charge in [-0.25, -0.2) is 0 Å². The minimum Gasteiger partial charge on any atom is -0.310 e. The van der Waals surface area contributed by atoms with E-state index in [1.54, 1.807) is 0 Å². The summed E-state index contributed by atoms with van der Waals surface area (Å²) in [5.41, 5.74) is 10.7. The van der Waals surface area contributed by atoms with Crippen molar-refractivity contribution in [1.29, 1.82) is 0 Å². The summed E-state index contributed by atoms with van der Waals surface area (Å²) in [5.74, 6) is 0. The van der Waals surface area contributed by atoms with Gasteiger partial charge in [0, 0.05) is 36.9 Å². The molecule has 0 radical (unpaired) electrons. The van der Waals surface area contributed by atoms with Crippen LogP contribution in [0.15, 0.2) is 212 Å². The van der Waals surface area contributed by atoms with Gasteiger partial charge in [0.1, 0.15) is 0 Å². The summed E-state index contributed by atoms with van der Waals surface area (Å²) in [6.45, 7) is 0. The molecule has 11 rings (SSSR count). The Morgan fingerprint density at radius 3 is 1.73 bits per heavy atom. The van der Waals surface area contributed by atoms with E-state index in [9.17, 15) is 0 Å². The smallest absolute Gasteiger partial charge is 0.0540 e. The topological polar surface area (TPSA) is 3.24 Å². The van der Waals surface area contributed by atoms with E-state index in [1.165, 1.54) is 85.9 Å². The highest BCUT2D eigenvalue weighted by Gasteiger charge is 2.20. The van der Waals surface area contributed by atoms with Crippen LogP contribution in [0.25, 0.3) is 85.9 Å². The molecule has 0 unspecified atom stereocenters. The molecule has 0 aliphatic rings. The lowest BCUT2D eigenvalue weighted by Crippen LogP contribution is -2.10. The number of fused-ring (bicyclic) bond motifs is 6. The molecule has 0 saturated carbocycles. The van der Waals surface area contributed by atoms with Crippen molar-refractivity contribution in [2.24, 2.45) is 0 Å². The number of hydrogen-bond acceptors (Lipinski definition) is 2. The van der Waals surface area contributed by atoms with E-state index < -0.39 is 0 Å². The molecule has 0 amide bonds. The zero-order chi connectivity index (χ0) is 37.0. The third-order valence-electron chi connectivity index (χ3n) is 11.2. The van der Waals surface area contributed by atoms with Crippen molar-refractivity contribution in [3.63, 3.8) is 0 Å². The molecule has 10 aromatic carbocycles. The average Bonchev–Trinajstić information content (AvgIpc) is 3.62. The van der Waals surface area contributed by atoms with Gasteiger partial charge >= 0.3 is 0 Å². The fourth-order valence-corrected chi connectivity index (χ4v) is 9.70. The van der Waals surface area contributed by atoms with Gasteiger partial charge in [-0.2, -0.15) is 0 Å². The fraction of sp³-hybridized carbons (Fsp3) is 0. The standard InChI is InChI=1S/C54H35NS/c1-2-13-36(14-3-1)47-29-30-52(49-25-9-8-24-48(47)49)55(44-27-28-50-51-33-40-16-4-5-17-41(40)34-53(51)56-54(50)35-44)43-22-11-20-39(32-43)38-19-10-21-42(31-38)46-26-12-18-37-15-6-7-23-45(37)46/h1-35H. The molecule has 11 aromatic rings. The molecule has 0 aliphatic carbocycles. The van der Waals surface area contributed by atoms with Crippen LogP contribution in [0.1, 0.15) is 0 Å². The SMILES string of the molecule is c1ccc(-c2ccc(N(c3cccc(-c4cccc(-c5cccc6ccccc56)c4)c3)c3ccc4c(c3)sc3cc5ccccc5cc34)c3ccccc23)cc1. The maximum Gasteiger partial charge on any atom is 0.0540 e. The second-order valence-corrected chi connectivity index (χ2v) is 15.6. The molecule has 0 fully saturated rings. The summed E-state index contributed by atoms with van der Waals surface area (Å²) in [4.78, 5) is 2.45. The van der Waals surface area contributed by atoms with Crippen LogP contribution in [-0.4, -0.2) is 0 Å². The Balaban J connectivity index is 1.10. The molecule has 0 spiro atoms. The van der Waals surface area contributed by atoms with Crippen molar-refractivity contribution in [2.45, 2.75) is 0 Å². The number of benzene rings is 10. The van der Waals surface area contributed by atoms with E-state index in [0.717, 1.165) is 17.1 Å². The van der Waals surface area contributed by atoms with Gasteiger partial charge in [-0.05, 0) is 109 Å². The third-order valence-corrected chi connectivity index (χ3v) is 12.3. The first-order chi connectivity index (χ1) is 27.7. The van der Waals surface area contributed by atoms with Gasteiger partial charge in [-0.1, -0.05) is 164 Å². The molecule has 1 heterocycles. The van der Waals surface area contributed by atoms with Crippen LogP contribution in [-0.2, 0) is 0 Å². The van der Waals surface area contributed by atoms with Gasteiger partial charge in [-0.3, -0.25) is 0 Å². The Morgan fingerprint density at radius 1 is 0.286 bits per heavy atom. The Bertz CT molecular complexity index is 3260. The number of hydrogen-bond donors (Lipinski definition) is 0. The van der Waals surface area contributed by atoms with Crippen LogP contribution in [0, 0.1) is 0 Å². The highest BCUT2D eigenvalue weighted by Crippen LogP contribution is 2.45. The molecular formula is C54H35NS. The molecule has 262 valence electrons. The minimum atomic E-state index is 1.11. The first-order valence-corrected chi connectivity index (χ1v) is 20.0. The Morgan fingerprint density at radius 2 is 0.875 bits per heavy atom. The van der Waals surface area contributed by atoms with Crippen LogP contribution in [0.3, 0.4) is 0 Å². The van der Waals surface area contributed by atoms with Gasteiger partial charge in [0.05, 0.1) is 5.69 Å². The maximum atomic E-state index is 2.45. The fourth-order valence-electron chi connectivity index (χ4n) is 8.53. The Labute approximate surface area is 330 Å². The summed E-state index contributed by atoms with van der Waals surface area (Å²) < 4.78 is 2.59. The Kier molecular flexibility index (Phi) is 7.75. The number of thiophene rings is 1. The largest absolute Gasteiger partial charge is 0.310 e. The minimum absolute atomic E-state index is 1.11. The molecule has 0 aliphatic heterocycles. The van der Waals surface area contributed by atoms with Crippen LogP contribution in [0.2, 0.25) is 0 Å². The van der Waals surface area contributed by atoms with Gasteiger partial charge in [0.25, 0.3) is 0 Å². The molecule has 1 nitrogen and oxygen atoms in total. The number of nitrogens with zero attached hydrogens (tertiary/aromatic N) is 1. The summed E-state index contributed by atoms with van der Waals surface area (Å²) >= 11 is 1.88. The third kappa shape index (κ3) is 5.54.